The summed E-state index contributed by atoms with van der Waals surface area (Å²) in [6.07, 6.45) is 6.04. The summed E-state index contributed by atoms with van der Waals surface area (Å²) in [6, 6.07) is 0. The van der Waals surface area contributed by atoms with Crippen molar-refractivity contribution in [3.63, 3.8) is 0 Å². The molecule has 0 bridgehead atoms. The van der Waals surface area contributed by atoms with Crippen LogP contribution in [-0.4, -0.2) is 36.0 Å². The highest BCUT2D eigenvalue weighted by Crippen LogP contribution is 2.08. The first-order chi connectivity index (χ1) is 8.35. The highest BCUT2D eigenvalue weighted by molar-refractivity contribution is 4.72. The molecule has 0 saturated heterocycles. The lowest BCUT2D eigenvalue weighted by Crippen LogP contribution is -2.42. The highest BCUT2D eigenvalue weighted by atomic mass is 16.5. The van der Waals surface area contributed by atoms with E-state index in [1.807, 2.05) is 0 Å². The van der Waals surface area contributed by atoms with Crippen LogP contribution in [-0.2, 0) is 4.74 Å². The molecule has 0 radical (unpaired) electrons. The molecular formula is C15H33NO2. The number of β-amino-alcohol motifs (C(OH)–C–C–N with tert-alkyl or cyclic N) is 1. The van der Waals surface area contributed by atoms with Gasteiger partial charge in [0.1, 0.15) is 0 Å². The lowest BCUT2D eigenvalue weighted by Gasteiger charge is -2.23. The maximum atomic E-state index is 9.78. The SMILES string of the molecule is CCCCCCC(C)OCC(O)CNC(C)(C)C. The second-order valence-corrected chi connectivity index (χ2v) is 6.28. The fourth-order valence-corrected chi connectivity index (χ4v) is 1.70. The molecule has 0 saturated carbocycles. The van der Waals surface area contributed by atoms with E-state index in [1.54, 1.807) is 0 Å². The van der Waals surface area contributed by atoms with Crippen LogP contribution in [0.1, 0.15) is 66.7 Å². The number of unbranched alkanes of at least 4 members (excludes halogenated alkanes) is 3. The van der Waals surface area contributed by atoms with Crippen molar-refractivity contribution in [3.05, 3.63) is 0 Å². The van der Waals surface area contributed by atoms with Gasteiger partial charge < -0.3 is 15.2 Å². The zero-order chi connectivity index (χ0) is 14.0. The third-order valence-electron chi connectivity index (χ3n) is 2.91. The van der Waals surface area contributed by atoms with Crippen molar-refractivity contribution in [1.82, 2.24) is 5.32 Å². The smallest absolute Gasteiger partial charge is 0.0898 e. The van der Waals surface area contributed by atoms with Crippen molar-refractivity contribution in [2.45, 2.75) is 84.5 Å². The molecule has 3 heteroatoms. The number of hydrogen-bond donors (Lipinski definition) is 2. The van der Waals surface area contributed by atoms with Gasteiger partial charge in [-0.05, 0) is 34.1 Å². The van der Waals surface area contributed by atoms with Crippen LogP contribution in [0.25, 0.3) is 0 Å². The van der Waals surface area contributed by atoms with Crippen molar-refractivity contribution in [1.29, 1.82) is 0 Å². The molecule has 0 aliphatic carbocycles. The maximum absolute atomic E-state index is 9.78. The van der Waals surface area contributed by atoms with E-state index in [0.717, 1.165) is 6.42 Å². The largest absolute Gasteiger partial charge is 0.389 e. The van der Waals surface area contributed by atoms with E-state index < -0.39 is 6.10 Å². The van der Waals surface area contributed by atoms with E-state index in [4.69, 9.17) is 4.74 Å². The predicted molar refractivity (Wildman–Crippen MR) is 77.9 cm³/mol. The van der Waals surface area contributed by atoms with Crippen LogP contribution in [0, 0.1) is 0 Å². The van der Waals surface area contributed by atoms with Crippen LogP contribution in [0.4, 0.5) is 0 Å². The molecule has 0 spiro atoms. The van der Waals surface area contributed by atoms with E-state index in [2.05, 4.69) is 39.9 Å². The Bertz CT molecular complexity index is 189. The lowest BCUT2D eigenvalue weighted by atomic mass is 10.1. The summed E-state index contributed by atoms with van der Waals surface area (Å²) in [4.78, 5) is 0. The van der Waals surface area contributed by atoms with E-state index in [1.165, 1.54) is 25.7 Å². The number of aliphatic hydroxyl groups is 1. The Labute approximate surface area is 113 Å². The molecule has 2 unspecified atom stereocenters. The zero-order valence-electron chi connectivity index (χ0n) is 13.0. The molecule has 0 aromatic rings. The van der Waals surface area contributed by atoms with E-state index in [9.17, 15) is 5.11 Å². The van der Waals surface area contributed by atoms with Crippen molar-refractivity contribution < 1.29 is 9.84 Å². The molecule has 110 valence electrons. The van der Waals surface area contributed by atoms with Crippen LogP contribution >= 0.6 is 0 Å². The minimum atomic E-state index is -0.415. The highest BCUT2D eigenvalue weighted by Gasteiger charge is 2.13. The van der Waals surface area contributed by atoms with Gasteiger partial charge in [-0.2, -0.15) is 0 Å². The average Bonchev–Trinajstić information content (AvgIpc) is 2.28. The molecule has 0 rings (SSSR count). The Morgan fingerprint density at radius 1 is 1.17 bits per heavy atom. The van der Waals surface area contributed by atoms with E-state index in [0.29, 0.717) is 13.2 Å². The van der Waals surface area contributed by atoms with Crippen molar-refractivity contribution in [3.8, 4) is 0 Å². The Morgan fingerprint density at radius 2 is 1.83 bits per heavy atom. The molecule has 0 amide bonds. The molecule has 0 heterocycles. The standard InChI is InChI=1S/C15H33NO2/c1-6-7-8-9-10-13(2)18-12-14(17)11-16-15(3,4)5/h13-14,16-17H,6-12H2,1-5H3. The molecule has 0 aliphatic heterocycles. The van der Waals surface area contributed by atoms with Gasteiger partial charge in [0.25, 0.3) is 0 Å². The van der Waals surface area contributed by atoms with Crippen LogP contribution in [0.2, 0.25) is 0 Å². The van der Waals surface area contributed by atoms with E-state index in [-0.39, 0.29) is 11.6 Å². The summed E-state index contributed by atoms with van der Waals surface area (Å²) in [5.74, 6) is 0. The van der Waals surface area contributed by atoms with Gasteiger partial charge in [-0.3, -0.25) is 0 Å². The number of aliphatic hydroxyl groups excluding tert-OH is 1. The van der Waals surface area contributed by atoms with Gasteiger partial charge in [-0.15, -0.1) is 0 Å². The number of nitrogens with one attached hydrogen (secondary N) is 1. The molecule has 2 N–H and O–H groups in total. The minimum absolute atomic E-state index is 0.0484. The molecule has 2 atom stereocenters. The maximum Gasteiger partial charge on any atom is 0.0898 e. The van der Waals surface area contributed by atoms with Gasteiger partial charge in [0.05, 0.1) is 18.8 Å². The van der Waals surface area contributed by atoms with Crippen LogP contribution in [0.15, 0.2) is 0 Å². The van der Waals surface area contributed by atoms with Gasteiger partial charge in [-0.1, -0.05) is 32.6 Å². The summed E-state index contributed by atoms with van der Waals surface area (Å²) in [5.41, 5.74) is 0.0484. The second kappa shape index (κ2) is 9.76. The minimum Gasteiger partial charge on any atom is -0.389 e. The third kappa shape index (κ3) is 12.3. The van der Waals surface area contributed by atoms with Gasteiger partial charge >= 0.3 is 0 Å². The van der Waals surface area contributed by atoms with Crippen molar-refractivity contribution in [2.75, 3.05) is 13.2 Å². The Hall–Kier alpha value is -0.120. The predicted octanol–water partition coefficient (Wildman–Crippen LogP) is 3.11. The lowest BCUT2D eigenvalue weighted by molar-refractivity contribution is -0.00668. The van der Waals surface area contributed by atoms with Crippen LogP contribution in [0.5, 0.6) is 0 Å². The van der Waals surface area contributed by atoms with Crippen LogP contribution in [0.3, 0.4) is 0 Å². The summed E-state index contributed by atoms with van der Waals surface area (Å²) in [5, 5.41) is 13.1. The zero-order valence-corrected chi connectivity index (χ0v) is 13.0. The molecule has 18 heavy (non-hydrogen) atoms. The first-order valence-electron chi connectivity index (χ1n) is 7.40. The molecule has 0 aromatic carbocycles. The number of rotatable bonds is 10. The molecule has 0 aliphatic rings. The summed E-state index contributed by atoms with van der Waals surface area (Å²) in [6.45, 7) is 11.6. The first kappa shape index (κ1) is 17.9. The molecule has 0 fully saturated rings. The normalized spacial score (nSPS) is 15.7. The van der Waals surface area contributed by atoms with Gasteiger partial charge in [0.2, 0.25) is 0 Å². The van der Waals surface area contributed by atoms with Crippen molar-refractivity contribution >= 4 is 0 Å². The fourth-order valence-electron chi connectivity index (χ4n) is 1.70. The number of hydrogen-bond acceptors (Lipinski definition) is 3. The molecular weight excluding hydrogens is 226 g/mol. The Morgan fingerprint density at radius 3 is 2.39 bits per heavy atom. The topological polar surface area (TPSA) is 41.5 Å². The average molecular weight is 259 g/mol. The van der Waals surface area contributed by atoms with Gasteiger partial charge in [0, 0.05) is 12.1 Å². The fraction of sp³-hybridized carbons (Fsp3) is 1.00. The number of ether oxygens (including phenoxy) is 1. The van der Waals surface area contributed by atoms with E-state index >= 15 is 0 Å². The Kier molecular flexibility index (Phi) is 9.70. The van der Waals surface area contributed by atoms with Crippen molar-refractivity contribution in [2.24, 2.45) is 0 Å². The van der Waals surface area contributed by atoms with Gasteiger partial charge in [-0.25, -0.2) is 0 Å². The summed E-state index contributed by atoms with van der Waals surface area (Å²) in [7, 11) is 0. The third-order valence-corrected chi connectivity index (χ3v) is 2.91. The second-order valence-electron chi connectivity index (χ2n) is 6.28. The van der Waals surface area contributed by atoms with Crippen LogP contribution < -0.4 is 5.32 Å². The van der Waals surface area contributed by atoms with Gasteiger partial charge in [0.15, 0.2) is 0 Å². The summed E-state index contributed by atoms with van der Waals surface area (Å²) >= 11 is 0. The molecule has 3 nitrogen and oxygen atoms in total. The monoisotopic (exact) mass is 259 g/mol. The summed E-state index contributed by atoms with van der Waals surface area (Å²) < 4.78 is 5.66. The quantitative estimate of drug-likeness (QED) is 0.592. The first-order valence-corrected chi connectivity index (χ1v) is 7.40. The Balaban J connectivity index is 3.50. The molecule has 0 aromatic heterocycles.